The molecule has 0 aliphatic carbocycles. The number of amides is 1. The zero-order chi connectivity index (χ0) is 17.5. The summed E-state index contributed by atoms with van der Waals surface area (Å²) in [7, 11) is 0. The molecule has 4 heteroatoms. The monoisotopic (exact) mass is 340 g/mol. The Bertz CT molecular complexity index is 681. The number of benzene rings is 2. The van der Waals surface area contributed by atoms with Crippen molar-refractivity contribution in [2.24, 2.45) is 5.92 Å². The molecule has 1 saturated heterocycles. The van der Waals surface area contributed by atoms with Crippen LogP contribution in [0.25, 0.3) is 0 Å². The van der Waals surface area contributed by atoms with E-state index in [0.29, 0.717) is 18.9 Å². The topological polar surface area (TPSA) is 32.3 Å². The minimum absolute atomic E-state index is 0.182. The van der Waals surface area contributed by atoms with Gasteiger partial charge in [0.05, 0.1) is 0 Å². The number of anilines is 1. The molecule has 2 aromatic rings. The Kier molecular flexibility index (Phi) is 6.04. The molecule has 1 amide bonds. The second-order valence-electron chi connectivity index (χ2n) is 6.70. The lowest BCUT2D eigenvalue weighted by atomic mass is 9.90. The number of nitrogens with zero attached hydrogens (tertiary/aromatic N) is 1. The Morgan fingerprint density at radius 3 is 2.56 bits per heavy atom. The van der Waals surface area contributed by atoms with Gasteiger partial charge in [-0.2, -0.15) is 0 Å². The quantitative estimate of drug-likeness (QED) is 0.858. The fourth-order valence-corrected chi connectivity index (χ4v) is 3.40. The Morgan fingerprint density at radius 2 is 1.84 bits per heavy atom. The van der Waals surface area contributed by atoms with E-state index in [-0.39, 0.29) is 11.7 Å². The normalized spacial score (nSPS) is 15.2. The average molecular weight is 340 g/mol. The van der Waals surface area contributed by atoms with E-state index in [1.807, 2.05) is 17.0 Å². The molecule has 0 unspecified atom stereocenters. The first-order valence-corrected chi connectivity index (χ1v) is 9.02. The second-order valence-corrected chi connectivity index (χ2v) is 6.70. The third-order valence-electron chi connectivity index (χ3n) is 4.83. The van der Waals surface area contributed by atoms with E-state index in [4.69, 9.17) is 0 Å². The van der Waals surface area contributed by atoms with Crippen molar-refractivity contribution in [1.29, 1.82) is 0 Å². The number of piperidine rings is 1. The molecule has 0 aromatic heterocycles. The molecule has 3 rings (SSSR count). The van der Waals surface area contributed by atoms with Gasteiger partial charge in [-0.15, -0.1) is 0 Å². The summed E-state index contributed by atoms with van der Waals surface area (Å²) in [6.45, 7) is 2.22. The van der Waals surface area contributed by atoms with Gasteiger partial charge in [0, 0.05) is 31.7 Å². The van der Waals surface area contributed by atoms with Crippen LogP contribution in [0, 0.1) is 11.7 Å². The molecule has 1 N–H and O–H groups in total. The number of hydrogen-bond donors (Lipinski definition) is 1. The van der Waals surface area contributed by atoms with E-state index in [9.17, 15) is 9.18 Å². The third kappa shape index (κ3) is 5.31. The van der Waals surface area contributed by atoms with Crippen LogP contribution in [0.4, 0.5) is 10.1 Å². The van der Waals surface area contributed by atoms with Gasteiger partial charge in [-0.25, -0.2) is 4.39 Å². The highest BCUT2D eigenvalue weighted by Gasteiger charge is 2.22. The highest BCUT2D eigenvalue weighted by Crippen LogP contribution is 2.22. The molecule has 0 spiro atoms. The van der Waals surface area contributed by atoms with E-state index in [2.05, 4.69) is 29.6 Å². The Hall–Kier alpha value is -2.36. The summed E-state index contributed by atoms with van der Waals surface area (Å²) in [6, 6.07) is 16.9. The van der Waals surface area contributed by atoms with Crippen LogP contribution in [0.3, 0.4) is 0 Å². The molecule has 0 saturated carbocycles. The van der Waals surface area contributed by atoms with Gasteiger partial charge in [0.2, 0.25) is 5.91 Å². The van der Waals surface area contributed by atoms with Gasteiger partial charge in [-0.05, 0) is 48.9 Å². The first-order valence-electron chi connectivity index (χ1n) is 9.02. The summed E-state index contributed by atoms with van der Waals surface area (Å²) in [6.07, 6.45) is 3.68. The van der Waals surface area contributed by atoms with Gasteiger partial charge in [0.1, 0.15) is 5.82 Å². The molecule has 0 radical (unpaired) electrons. The number of carbonyl (C=O) groups excluding carboxylic acids is 1. The fourth-order valence-electron chi connectivity index (χ4n) is 3.40. The molecule has 2 aromatic carbocycles. The highest BCUT2D eigenvalue weighted by molar-refractivity contribution is 5.76. The van der Waals surface area contributed by atoms with Crippen molar-refractivity contribution in [1.82, 2.24) is 4.90 Å². The molecule has 132 valence electrons. The molecular weight excluding hydrogens is 315 g/mol. The third-order valence-corrected chi connectivity index (χ3v) is 4.83. The van der Waals surface area contributed by atoms with E-state index in [1.54, 1.807) is 6.07 Å². The molecule has 25 heavy (non-hydrogen) atoms. The van der Waals surface area contributed by atoms with Gasteiger partial charge in [-0.1, -0.05) is 36.4 Å². The predicted molar refractivity (Wildman–Crippen MR) is 99.0 cm³/mol. The number of hydrogen-bond acceptors (Lipinski definition) is 2. The van der Waals surface area contributed by atoms with Crippen molar-refractivity contribution in [3.05, 3.63) is 66.0 Å². The standard InChI is InChI=1S/C21H25FN2O/c22-19-7-4-8-20(16-19)23-12-9-21(25)24-13-10-18(11-14-24)15-17-5-2-1-3-6-17/h1-8,16,18,23H,9-15H2. The highest BCUT2D eigenvalue weighted by atomic mass is 19.1. The minimum atomic E-state index is -0.267. The van der Waals surface area contributed by atoms with Gasteiger partial charge >= 0.3 is 0 Å². The van der Waals surface area contributed by atoms with Gasteiger partial charge < -0.3 is 10.2 Å². The lowest BCUT2D eigenvalue weighted by molar-refractivity contribution is -0.132. The maximum atomic E-state index is 13.1. The minimum Gasteiger partial charge on any atom is -0.384 e. The Morgan fingerprint density at radius 1 is 1.08 bits per heavy atom. The zero-order valence-electron chi connectivity index (χ0n) is 14.5. The fraction of sp³-hybridized carbons (Fsp3) is 0.381. The maximum Gasteiger partial charge on any atom is 0.224 e. The largest absolute Gasteiger partial charge is 0.384 e. The molecule has 0 bridgehead atoms. The molecular formula is C21H25FN2O. The first kappa shape index (κ1) is 17.5. The molecule has 1 heterocycles. The summed E-state index contributed by atoms with van der Waals surface area (Å²) in [5, 5.41) is 3.11. The lowest BCUT2D eigenvalue weighted by Crippen LogP contribution is -2.39. The van der Waals surface area contributed by atoms with Crippen molar-refractivity contribution in [3.63, 3.8) is 0 Å². The van der Waals surface area contributed by atoms with Crippen molar-refractivity contribution >= 4 is 11.6 Å². The van der Waals surface area contributed by atoms with E-state index in [1.165, 1.54) is 17.7 Å². The SMILES string of the molecule is O=C(CCNc1cccc(F)c1)N1CCC(Cc2ccccc2)CC1. The summed E-state index contributed by atoms with van der Waals surface area (Å²) < 4.78 is 13.1. The summed E-state index contributed by atoms with van der Waals surface area (Å²) in [5.41, 5.74) is 2.10. The van der Waals surface area contributed by atoms with Crippen molar-refractivity contribution in [3.8, 4) is 0 Å². The van der Waals surface area contributed by atoms with Gasteiger partial charge in [0.15, 0.2) is 0 Å². The van der Waals surface area contributed by atoms with Crippen LogP contribution in [0.5, 0.6) is 0 Å². The molecule has 1 fully saturated rings. The van der Waals surface area contributed by atoms with Gasteiger partial charge in [0.25, 0.3) is 0 Å². The van der Waals surface area contributed by atoms with Crippen LogP contribution < -0.4 is 5.32 Å². The zero-order valence-corrected chi connectivity index (χ0v) is 14.5. The van der Waals surface area contributed by atoms with E-state index < -0.39 is 0 Å². The number of carbonyl (C=O) groups is 1. The van der Waals surface area contributed by atoms with Crippen LogP contribution in [0.1, 0.15) is 24.8 Å². The van der Waals surface area contributed by atoms with Crippen molar-refractivity contribution < 1.29 is 9.18 Å². The molecule has 1 aliphatic rings. The molecule has 1 aliphatic heterocycles. The van der Waals surface area contributed by atoms with Crippen LogP contribution in [0.15, 0.2) is 54.6 Å². The van der Waals surface area contributed by atoms with Crippen LogP contribution in [0.2, 0.25) is 0 Å². The average Bonchev–Trinajstić information content (AvgIpc) is 2.63. The smallest absolute Gasteiger partial charge is 0.224 e. The predicted octanol–water partition coefficient (Wildman–Crippen LogP) is 4.11. The van der Waals surface area contributed by atoms with Crippen LogP contribution in [-0.4, -0.2) is 30.4 Å². The van der Waals surface area contributed by atoms with Crippen molar-refractivity contribution in [2.75, 3.05) is 25.0 Å². The summed E-state index contributed by atoms with van der Waals surface area (Å²) in [5.74, 6) is 0.579. The summed E-state index contributed by atoms with van der Waals surface area (Å²) in [4.78, 5) is 14.3. The number of likely N-dealkylation sites (tertiary alicyclic amines) is 1. The molecule has 3 nitrogen and oxygen atoms in total. The Labute approximate surface area is 148 Å². The van der Waals surface area contributed by atoms with E-state index in [0.717, 1.165) is 38.0 Å². The number of rotatable bonds is 6. The lowest BCUT2D eigenvalue weighted by Gasteiger charge is -2.32. The number of nitrogens with one attached hydrogen (secondary N) is 1. The number of halogens is 1. The maximum absolute atomic E-state index is 13.1. The Balaban J connectivity index is 1.38. The van der Waals surface area contributed by atoms with Crippen molar-refractivity contribution in [2.45, 2.75) is 25.7 Å². The van der Waals surface area contributed by atoms with Gasteiger partial charge in [-0.3, -0.25) is 4.79 Å². The second kappa shape index (κ2) is 8.65. The first-order chi connectivity index (χ1) is 12.2. The molecule has 0 atom stereocenters. The van der Waals surface area contributed by atoms with E-state index >= 15 is 0 Å². The van der Waals surface area contributed by atoms with Crippen LogP contribution >= 0.6 is 0 Å². The van der Waals surface area contributed by atoms with Crippen LogP contribution in [-0.2, 0) is 11.2 Å². The summed E-state index contributed by atoms with van der Waals surface area (Å²) >= 11 is 0.